The summed E-state index contributed by atoms with van der Waals surface area (Å²) in [6.45, 7) is 6.21. The van der Waals surface area contributed by atoms with Crippen LogP contribution in [0.5, 0.6) is 0 Å². The van der Waals surface area contributed by atoms with E-state index in [1.807, 2.05) is 19.0 Å². The summed E-state index contributed by atoms with van der Waals surface area (Å²) in [5, 5.41) is 16.9. The summed E-state index contributed by atoms with van der Waals surface area (Å²) in [4.78, 5) is 22.5. The highest BCUT2D eigenvalue weighted by atomic mass is 16.4. The third-order valence-corrected chi connectivity index (χ3v) is 2.71. The number of aliphatic carboxylic acids is 2. The third kappa shape index (κ3) is 16.3. The second-order valence-electron chi connectivity index (χ2n) is 5.12. The fraction of sp³-hybridized carbons (Fsp3) is 0.625. The molecule has 0 rings (SSSR count). The Kier molecular flexibility index (Phi) is 13.8. The highest BCUT2D eigenvalue weighted by molar-refractivity contribution is 5.86. The molecule has 0 aliphatic heterocycles. The van der Waals surface area contributed by atoms with Crippen molar-refractivity contribution in [1.29, 1.82) is 0 Å². The third-order valence-electron chi connectivity index (χ3n) is 2.71. The van der Waals surface area contributed by atoms with Crippen molar-refractivity contribution in [2.45, 2.75) is 46.5 Å². The van der Waals surface area contributed by atoms with E-state index < -0.39 is 11.9 Å². The van der Waals surface area contributed by atoms with Crippen LogP contribution in [0.4, 0.5) is 0 Å². The van der Waals surface area contributed by atoms with Crippen LogP contribution in [-0.2, 0) is 9.59 Å². The lowest BCUT2D eigenvalue weighted by Gasteiger charge is -2.05. The zero-order valence-corrected chi connectivity index (χ0v) is 13.8. The van der Waals surface area contributed by atoms with Gasteiger partial charge >= 0.3 is 11.9 Å². The van der Waals surface area contributed by atoms with E-state index in [0.29, 0.717) is 11.1 Å². The molecule has 21 heavy (non-hydrogen) atoms. The van der Waals surface area contributed by atoms with Crippen molar-refractivity contribution in [1.82, 2.24) is 4.90 Å². The van der Waals surface area contributed by atoms with Crippen LogP contribution in [0.15, 0.2) is 23.3 Å². The van der Waals surface area contributed by atoms with Crippen molar-refractivity contribution < 1.29 is 19.8 Å². The summed E-state index contributed by atoms with van der Waals surface area (Å²) in [5.74, 6) is -1.64. The van der Waals surface area contributed by atoms with Crippen LogP contribution in [0.1, 0.15) is 46.5 Å². The lowest BCUT2D eigenvalue weighted by Crippen LogP contribution is -2.12. The standard InChI is InChI=1S/C8H15NO2.C8H14O2/c1-7(8(10)11)5-4-6-9(2)3;1-3-4-5-6-7(2)8(9)10/h5H,4,6H2,1-3H3,(H,10,11);6H,3-5H2,1-2H3,(H,9,10). The first-order chi connectivity index (χ1) is 9.72. The Balaban J connectivity index is 0. The molecule has 2 N–H and O–H groups in total. The lowest BCUT2D eigenvalue weighted by molar-refractivity contribution is -0.133. The molecule has 0 aliphatic rings. The molecule has 0 amide bonds. The molecule has 5 heteroatoms. The number of carbonyl (C=O) groups is 2. The Morgan fingerprint density at radius 1 is 0.952 bits per heavy atom. The number of hydrogen-bond acceptors (Lipinski definition) is 3. The van der Waals surface area contributed by atoms with Crippen LogP contribution in [0, 0.1) is 0 Å². The number of nitrogens with zero attached hydrogens (tertiary/aromatic N) is 1. The molecule has 0 saturated heterocycles. The summed E-state index contributed by atoms with van der Waals surface area (Å²) in [6.07, 6.45) is 7.38. The molecule has 0 aliphatic carbocycles. The number of carboxylic acid groups (broad SMARTS) is 2. The van der Waals surface area contributed by atoms with Gasteiger partial charge in [-0.1, -0.05) is 31.9 Å². The Hall–Kier alpha value is -1.62. The van der Waals surface area contributed by atoms with Crippen LogP contribution < -0.4 is 0 Å². The topological polar surface area (TPSA) is 77.8 Å². The highest BCUT2D eigenvalue weighted by Gasteiger charge is 1.97. The first-order valence-corrected chi connectivity index (χ1v) is 7.17. The van der Waals surface area contributed by atoms with E-state index in [2.05, 4.69) is 6.92 Å². The van der Waals surface area contributed by atoms with Crippen LogP contribution in [0.3, 0.4) is 0 Å². The molecule has 5 nitrogen and oxygen atoms in total. The molecule has 0 spiro atoms. The van der Waals surface area contributed by atoms with Gasteiger partial charge in [0.15, 0.2) is 0 Å². The number of unbranched alkanes of at least 4 members (excludes halogenated alkanes) is 2. The zero-order chi connectivity index (χ0) is 16.8. The van der Waals surface area contributed by atoms with Crippen molar-refractivity contribution >= 4 is 11.9 Å². The summed E-state index contributed by atoms with van der Waals surface area (Å²) >= 11 is 0. The molecule has 0 atom stereocenters. The van der Waals surface area contributed by atoms with Crippen molar-refractivity contribution in [3.8, 4) is 0 Å². The summed E-state index contributed by atoms with van der Waals surface area (Å²) in [6, 6.07) is 0. The molecule has 0 aromatic carbocycles. The van der Waals surface area contributed by atoms with Crippen LogP contribution in [0.25, 0.3) is 0 Å². The van der Waals surface area contributed by atoms with E-state index in [9.17, 15) is 9.59 Å². The first-order valence-electron chi connectivity index (χ1n) is 7.17. The fourth-order valence-electron chi connectivity index (χ4n) is 1.24. The maximum Gasteiger partial charge on any atom is 0.330 e. The van der Waals surface area contributed by atoms with E-state index in [4.69, 9.17) is 10.2 Å². The van der Waals surface area contributed by atoms with Crippen molar-refractivity contribution in [2.24, 2.45) is 0 Å². The van der Waals surface area contributed by atoms with Gasteiger partial charge in [-0.2, -0.15) is 0 Å². The Morgan fingerprint density at radius 2 is 1.38 bits per heavy atom. The minimum absolute atomic E-state index is 0.423. The van der Waals surface area contributed by atoms with Gasteiger partial charge in [-0.05, 0) is 40.8 Å². The largest absolute Gasteiger partial charge is 0.478 e. The Bertz CT molecular complexity index is 370. The molecular formula is C16H29NO4. The Morgan fingerprint density at radius 3 is 1.71 bits per heavy atom. The second kappa shape index (κ2) is 13.4. The highest BCUT2D eigenvalue weighted by Crippen LogP contribution is 2.00. The van der Waals surface area contributed by atoms with Gasteiger partial charge in [-0.3, -0.25) is 0 Å². The maximum atomic E-state index is 10.3. The minimum atomic E-state index is -0.830. The summed E-state index contributed by atoms with van der Waals surface area (Å²) < 4.78 is 0. The smallest absolute Gasteiger partial charge is 0.330 e. The van der Waals surface area contributed by atoms with Crippen LogP contribution >= 0.6 is 0 Å². The van der Waals surface area contributed by atoms with Crippen molar-refractivity contribution in [3.63, 3.8) is 0 Å². The average Bonchev–Trinajstić information content (AvgIpc) is 2.38. The molecule has 0 unspecified atom stereocenters. The molecule has 0 saturated carbocycles. The van der Waals surface area contributed by atoms with Gasteiger partial charge in [-0.25, -0.2) is 9.59 Å². The van der Waals surface area contributed by atoms with Gasteiger partial charge in [0, 0.05) is 17.7 Å². The number of allylic oxidation sites excluding steroid dienone is 1. The van der Waals surface area contributed by atoms with Gasteiger partial charge in [-0.15, -0.1) is 0 Å². The van der Waals surface area contributed by atoms with E-state index in [1.54, 1.807) is 26.0 Å². The van der Waals surface area contributed by atoms with E-state index >= 15 is 0 Å². The zero-order valence-electron chi connectivity index (χ0n) is 13.8. The van der Waals surface area contributed by atoms with Gasteiger partial charge in [0.2, 0.25) is 0 Å². The molecule has 0 fully saturated rings. The Labute approximate surface area is 128 Å². The molecule has 0 bridgehead atoms. The average molecular weight is 299 g/mol. The second-order valence-corrected chi connectivity index (χ2v) is 5.12. The van der Waals surface area contributed by atoms with Gasteiger partial charge in [0.1, 0.15) is 0 Å². The number of hydrogen-bond donors (Lipinski definition) is 2. The number of carboxylic acids is 2. The minimum Gasteiger partial charge on any atom is -0.478 e. The van der Waals surface area contributed by atoms with Crippen LogP contribution in [-0.4, -0.2) is 47.7 Å². The van der Waals surface area contributed by atoms with Crippen molar-refractivity contribution in [3.05, 3.63) is 23.3 Å². The normalized spacial score (nSPS) is 11.9. The van der Waals surface area contributed by atoms with Crippen molar-refractivity contribution in [2.75, 3.05) is 20.6 Å². The number of rotatable bonds is 8. The molecule has 0 heterocycles. The lowest BCUT2D eigenvalue weighted by atomic mass is 10.2. The fourth-order valence-corrected chi connectivity index (χ4v) is 1.24. The van der Waals surface area contributed by atoms with E-state index in [1.165, 1.54) is 0 Å². The molecule has 0 aromatic rings. The maximum absolute atomic E-state index is 10.3. The van der Waals surface area contributed by atoms with Crippen LogP contribution in [0.2, 0.25) is 0 Å². The molecular weight excluding hydrogens is 270 g/mol. The monoisotopic (exact) mass is 299 g/mol. The molecule has 122 valence electrons. The van der Waals surface area contributed by atoms with Gasteiger partial charge in [0.25, 0.3) is 0 Å². The van der Waals surface area contributed by atoms with Gasteiger partial charge in [0.05, 0.1) is 0 Å². The SMILES string of the molecule is CC(=CCCN(C)C)C(=O)O.CCCCC=C(C)C(=O)O. The summed E-state index contributed by atoms with van der Waals surface area (Å²) in [5.41, 5.74) is 0.875. The summed E-state index contributed by atoms with van der Waals surface area (Å²) in [7, 11) is 3.92. The predicted molar refractivity (Wildman–Crippen MR) is 85.5 cm³/mol. The predicted octanol–water partition coefficient (Wildman–Crippen LogP) is 3.18. The molecule has 0 radical (unpaired) electrons. The van der Waals surface area contributed by atoms with E-state index in [0.717, 1.165) is 32.2 Å². The quantitative estimate of drug-likeness (QED) is 0.531. The molecule has 0 aromatic heterocycles. The van der Waals surface area contributed by atoms with Gasteiger partial charge < -0.3 is 15.1 Å². The van der Waals surface area contributed by atoms with E-state index in [-0.39, 0.29) is 0 Å². The first kappa shape index (κ1) is 21.7.